The summed E-state index contributed by atoms with van der Waals surface area (Å²) < 4.78 is 6.30. The predicted octanol–water partition coefficient (Wildman–Crippen LogP) is 5.86. The van der Waals surface area contributed by atoms with Gasteiger partial charge in [-0.1, -0.05) is 55.5 Å². The maximum atomic E-state index is 6.30. The molecule has 1 heteroatoms. The molecular formula is C22H28O. The van der Waals surface area contributed by atoms with E-state index in [4.69, 9.17) is 4.74 Å². The van der Waals surface area contributed by atoms with Crippen molar-refractivity contribution in [3.8, 4) is 0 Å². The van der Waals surface area contributed by atoms with Gasteiger partial charge in [0.05, 0.1) is 11.7 Å². The molecule has 0 aliphatic carbocycles. The van der Waals surface area contributed by atoms with E-state index in [1.807, 2.05) is 0 Å². The van der Waals surface area contributed by atoms with E-state index < -0.39 is 0 Å². The van der Waals surface area contributed by atoms with Crippen molar-refractivity contribution in [2.75, 3.05) is 0 Å². The second-order valence-corrected chi connectivity index (χ2v) is 7.35. The Kier molecular flexibility index (Phi) is 4.87. The van der Waals surface area contributed by atoms with E-state index in [1.54, 1.807) is 0 Å². The number of hydrogen-bond donors (Lipinski definition) is 0. The van der Waals surface area contributed by atoms with E-state index in [-0.39, 0.29) is 11.7 Å². The Morgan fingerprint density at radius 3 is 2.43 bits per heavy atom. The molecule has 0 N–H and O–H groups in total. The molecule has 0 amide bonds. The molecule has 2 aromatic rings. The lowest BCUT2D eigenvalue weighted by molar-refractivity contribution is -0.109. The summed E-state index contributed by atoms with van der Waals surface area (Å²) >= 11 is 0. The van der Waals surface area contributed by atoms with E-state index in [0.29, 0.717) is 0 Å². The van der Waals surface area contributed by atoms with Gasteiger partial charge in [-0.05, 0) is 68.2 Å². The summed E-state index contributed by atoms with van der Waals surface area (Å²) in [6.07, 6.45) is 5.89. The molecule has 3 rings (SSSR count). The molecule has 23 heavy (non-hydrogen) atoms. The topological polar surface area (TPSA) is 9.23 Å². The molecule has 0 spiro atoms. The molecule has 2 aromatic carbocycles. The first-order valence-electron chi connectivity index (χ1n) is 8.90. The van der Waals surface area contributed by atoms with Gasteiger partial charge in [0.15, 0.2) is 0 Å². The van der Waals surface area contributed by atoms with Gasteiger partial charge in [-0.3, -0.25) is 0 Å². The van der Waals surface area contributed by atoms with Gasteiger partial charge in [0.25, 0.3) is 0 Å². The molecule has 1 saturated heterocycles. The number of rotatable bonds is 4. The standard InChI is InChI=1S/C22H28O/c1-4-17-10-12-18(13-11-17)15-19-7-5-8-20(16-19)21-9-6-14-22(2,3)23-21/h5,7-8,10-13,16,21H,4,6,9,14-15H2,1-3H3. The van der Waals surface area contributed by atoms with Gasteiger partial charge in [-0.25, -0.2) is 0 Å². The van der Waals surface area contributed by atoms with Crippen molar-refractivity contribution in [2.24, 2.45) is 0 Å². The Labute approximate surface area is 140 Å². The Hall–Kier alpha value is -1.60. The highest BCUT2D eigenvalue weighted by Crippen LogP contribution is 2.36. The normalized spacial score (nSPS) is 20.4. The second kappa shape index (κ2) is 6.88. The third-order valence-electron chi connectivity index (χ3n) is 4.87. The first-order valence-corrected chi connectivity index (χ1v) is 8.90. The zero-order valence-corrected chi connectivity index (χ0v) is 14.6. The molecule has 122 valence electrons. The summed E-state index contributed by atoms with van der Waals surface area (Å²) in [5, 5.41) is 0. The number of benzene rings is 2. The van der Waals surface area contributed by atoms with Gasteiger partial charge in [-0.2, -0.15) is 0 Å². The third kappa shape index (κ3) is 4.23. The van der Waals surface area contributed by atoms with Crippen molar-refractivity contribution in [1.29, 1.82) is 0 Å². The minimum absolute atomic E-state index is 0.00883. The molecule has 0 radical (unpaired) electrons. The Balaban J connectivity index is 1.74. The smallest absolute Gasteiger partial charge is 0.0832 e. The van der Waals surface area contributed by atoms with Gasteiger partial charge < -0.3 is 4.74 Å². The molecule has 0 saturated carbocycles. The van der Waals surface area contributed by atoms with Gasteiger partial charge in [-0.15, -0.1) is 0 Å². The van der Waals surface area contributed by atoms with Crippen LogP contribution in [0.4, 0.5) is 0 Å². The molecule has 1 unspecified atom stereocenters. The minimum Gasteiger partial charge on any atom is -0.368 e. The van der Waals surface area contributed by atoms with Gasteiger partial charge in [0.2, 0.25) is 0 Å². The van der Waals surface area contributed by atoms with Crippen LogP contribution in [0.2, 0.25) is 0 Å². The summed E-state index contributed by atoms with van der Waals surface area (Å²) in [5.41, 5.74) is 5.50. The molecule has 0 bridgehead atoms. The van der Waals surface area contributed by atoms with Gasteiger partial charge in [0.1, 0.15) is 0 Å². The van der Waals surface area contributed by atoms with Crippen LogP contribution in [0.15, 0.2) is 48.5 Å². The van der Waals surface area contributed by atoms with Crippen molar-refractivity contribution in [3.63, 3.8) is 0 Å². The molecule has 1 aliphatic heterocycles. The number of aryl methyl sites for hydroxylation is 1. The van der Waals surface area contributed by atoms with E-state index in [2.05, 4.69) is 69.3 Å². The zero-order valence-electron chi connectivity index (χ0n) is 14.6. The highest BCUT2D eigenvalue weighted by molar-refractivity contribution is 5.32. The Morgan fingerprint density at radius 1 is 1.00 bits per heavy atom. The third-order valence-corrected chi connectivity index (χ3v) is 4.87. The molecule has 1 heterocycles. The minimum atomic E-state index is 0.00883. The van der Waals surface area contributed by atoms with Crippen LogP contribution >= 0.6 is 0 Å². The van der Waals surface area contributed by atoms with Gasteiger partial charge in [0, 0.05) is 0 Å². The summed E-state index contributed by atoms with van der Waals surface area (Å²) in [7, 11) is 0. The second-order valence-electron chi connectivity index (χ2n) is 7.35. The first-order chi connectivity index (χ1) is 11.1. The largest absolute Gasteiger partial charge is 0.368 e. The monoisotopic (exact) mass is 308 g/mol. The van der Waals surface area contributed by atoms with Crippen LogP contribution in [0, 0.1) is 0 Å². The summed E-state index contributed by atoms with van der Waals surface area (Å²) in [4.78, 5) is 0. The average molecular weight is 308 g/mol. The predicted molar refractivity (Wildman–Crippen MR) is 96.8 cm³/mol. The van der Waals surface area contributed by atoms with Crippen LogP contribution in [0.1, 0.15) is 68.4 Å². The summed E-state index contributed by atoms with van der Waals surface area (Å²) in [5.74, 6) is 0. The lowest BCUT2D eigenvalue weighted by Gasteiger charge is -2.36. The fourth-order valence-corrected chi connectivity index (χ4v) is 3.48. The SMILES string of the molecule is CCc1ccc(Cc2cccc(C3CCCC(C)(C)O3)c2)cc1. The molecule has 1 atom stereocenters. The Bertz CT molecular complexity index is 639. The number of ether oxygens (including phenoxy) is 1. The molecule has 1 aliphatic rings. The number of hydrogen-bond acceptors (Lipinski definition) is 1. The van der Waals surface area contributed by atoms with Crippen molar-refractivity contribution in [3.05, 3.63) is 70.8 Å². The van der Waals surface area contributed by atoms with Crippen molar-refractivity contribution in [2.45, 2.75) is 64.6 Å². The summed E-state index contributed by atoms with van der Waals surface area (Å²) in [6.45, 7) is 6.61. The van der Waals surface area contributed by atoms with Crippen molar-refractivity contribution in [1.82, 2.24) is 0 Å². The fraction of sp³-hybridized carbons (Fsp3) is 0.455. The van der Waals surface area contributed by atoms with E-state index >= 15 is 0 Å². The van der Waals surface area contributed by atoms with Crippen LogP contribution in [-0.4, -0.2) is 5.60 Å². The Morgan fingerprint density at radius 2 is 1.74 bits per heavy atom. The van der Waals surface area contributed by atoms with Crippen LogP contribution in [0.5, 0.6) is 0 Å². The van der Waals surface area contributed by atoms with E-state index in [1.165, 1.54) is 28.7 Å². The average Bonchev–Trinajstić information content (AvgIpc) is 2.55. The lowest BCUT2D eigenvalue weighted by Crippen LogP contribution is -2.31. The highest BCUT2D eigenvalue weighted by atomic mass is 16.5. The van der Waals surface area contributed by atoms with Crippen LogP contribution in [-0.2, 0) is 17.6 Å². The maximum absolute atomic E-state index is 6.30. The molecular weight excluding hydrogens is 280 g/mol. The van der Waals surface area contributed by atoms with Crippen LogP contribution < -0.4 is 0 Å². The fourth-order valence-electron chi connectivity index (χ4n) is 3.48. The van der Waals surface area contributed by atoms with Crippen LogP contribution in [0.3, 0.4) is 0 Å². The lowest BCUT2D eigenvalue weighted by atomic mass is 9.91. The molecule has 0 aromatic heterocycles. The first kappa shape index (κ1) is 16.3. The molecule has 1 fully saturated rings. The maximum Gasteiger partial charge on any atom is 0.0832 e. The van der Waals surface area contributed by atoms with Gasteiger partial charge >= 0.3 is 0 Å². The van der Waals surface area contributed by atoms with E-state index in [9.17, 15) is 0 Å². The van der Waals surface area contributed by atoms with Crippen LogP contribution in [0.25, 0.3) is 0 Å². The van der Waals surface area contributed by atoms with Crippen molar-refractivity contribution >= 4 is 0 Å². The zero-order chi connectivity index (χ0) is 16.3. The van der Waals surface area contributed by atoms with E-state index in [0.717, 1.165) is 25.7 Å². The highest BCUT2D eigenvalue weighted by Gasteiger charge is 2.29. The van der Waals surface area contributed by atoms with Crippen molar-refractivity contribution < 1.29 is 4.74 Å². The summed E-state index contributed by atoms with van der Waals surface area (Å²) in [6, 6.07) is 18.0. The molecule has 1 nitrogen and oxygen atoms in total. The quantitative estimate of drug-likeness (QED) is 0.687.